The summed E-state index contributed by atoms with van der Waals surface area (Å²) < 4.78 is 0. The highest BCUT2D eigenvalue weighted by Crippen LogP contribution is 2.43. The minimum Gasteiger partial charge on any atom is -0.366 e. The molecule has 5 heteroatoms. The van der Waals surface area contributed by atoms with Crippen molar-refractivity contribution in [1.82, 2.24) is 10.2 Å². The summed E-state index contributed by atoms with van der Waals surface area (Å²) in [5.74, 6) is 0.144. The highest BCUT2D eigenvalue weighted by atomic mass is 16.2. The van der Waals surface area contributed by atoms with Gasteiger partial charge in [0.2, 0.25) is 0 Å². The fourth-order valence-corrected chi connectivity index (χ4v) is 4.96. The van der Waals surface area contributed by atoms with E-state index in [1.807, 2.05) is 37.3 Å². The van der Waals surface area contributed by atoms with Gasteiger partial charge in [0, 0.05) is 17.8 Å². The van der Waals surface area contributed by atoms with Gasteiger partial charge < -0.3 is 10.2 Å². The lowest BCUT2D eigenvalue weighted by Crippen LogP contribution is -2.48. The molecule has 31 heavy (non-hydrogen) atoms. The number of hydrogen-bond acceptors (Lipinski definition) is 3. The first-order valence-electron chi connectivity index (χ1n) is 11.0. The zero-order valence-corrected chi connectivity index (χ0v) is 19.0. The Morgan fingerprint density at radius 3 is 2.52 bits per heavy atom. The quantitative estimate of drug-likeness (QED) is 0.549. The Balaban J connectivity index is 1.59. The van der Waals surface area contributed by atoms with Crippen molar-refractivity contribution in [3.05, 3.63) is 70.4 Å². The topological polar surface area (TPSA) is 52.7 Å². The molecule has 2 aliphatic rings. The van der Waals surface area contributed by atoms with Crippen LogP contribution in [0.2, 0.25) is 0 Å². The maximum Gasteiger partial charge on any atom is 0.329 e. The Hall–Kier alpha value is -3.08. The van der Waals surface area contributed by atoms with Crippen LogP contribution in [0.4, 0.5) is 10.5 Å². The predicted octanol–water partition coefficient (Wildman–Crippen LogP) is 5.20. The molecule has 1 N–H and O–H groups in total. The molecule has 2 heterocycles. The molecule has 2 aromatic carbocycles. The van der Waals surface area contributed by atoms with Crippen LogP contribution in [0.1, 0.15) is 62.3 Å². The molecule has 4 rings (SSSR count). The van der Waals surface area contributed by atoms with Crippen LogP contribution in [-0.4, -0.2) is 28.9 Å². The largest absolute Gasteiger partial charge is 0.366 e. The molecule has 0 spiro atoms. The van der Waals surface area contributed by atoms with E-state index < -0.39 is 0 Å². The van der Waals surface area contributed by atoms with Crippen LogP contribution in [0, 0.1) is 6.92 Å². The van der Waals surface area contributed by atoms with Crippen LogP contribution in [0.15, 0.2) is 48.2 Å². The Bertz CT molecular complexity index is 1050. The van der Waals surface area contributed by atoms with Crippen LogP contribution < -0.4 is 10.2 Å². The lowest BCUT2D eigenvalue weighted by Gasteiger charge is -2.47. The predicted molar refractivity (Wildman–Crippen MR) is 125 cm³/mol. The molecule has 0 bridgehead atoms. The third-order valence-corrected chi connectivity index (χ3v) is 6.46. The molecule has 0 aliphatic carbocycles. The van der Waals surface area contributed by atoms with Gasteiger partial charge in [-0.25, -0.2) is 4.79 Å². The number of nitrogens with zero attached hydrogens (tertiary/aromatic N) is 2. The van der Waals surface area contributed by atoms with Crippen LogP contribution in [0.5, 0.6) is 0 Å². The van der Waals surface area contributed by atoms with E-state index in [9.17, 15) is 9.59 Å². The van der Waals surface area contributed by atoms with Crippen LogP contribution in [0.25, 0.3) is 6.08 Å². The molecule has 0 unspecified atom stereocenters. The summed E-state index contributed by atoms with van der Waals surface area (Å²) in [5.41, 5.74) is 6.01. The molecular formula is C26H31N3O2. The van der Waals surface area contributed by atoms with Gasteiger partial charge in [0.25, 0.3) is 5.91 Å². The smallest absolute Gasteiger partial charge is 0.329 e. The van der Waals surface area contributed by atoms with Crippen LogP contribution >= 0.6 is 0 Å². The standard InChI is InChI=1S/C26H31N3O2/c1-6-29-23-12-11-20(13-21(23)18(3)15-26(29,4)5)14-22-24(30)28(25(31)27-22)16-19-9-7-17(2)8-10-19/h7-14,18H,6,15-16H2,1-5H3,(H,27,31)/b22-14-/t18-/m1/s1. The first-order chi connectivity index (χ1) is 14.7. The van der Waals surface area contributed by atoms with Gasteiger partial charge in [0.1, 0.15) is 5.70 Å². The number of rotatable bonds is 4. The van der Waals surface area contributed by atoms with E-state index in [0.29, 0.717) is 11.6 Å². The minimum absolute atomic E-state index is 0.118. The van der Waals surface area contributed by atoms with Crippen molar-refractivity contribution in [2.45, 2.75) is 59.0 Å². The van der Waals surface area contributed by atoms with Gasteiger partial charge in [0.15, 0.2) is 0 Å². The molecule has 2 aliphatic heterocycles. The van der Waals surface area contributed by atoms with Gasteiger partial charge >= 0.3 is 6.03 Å². The average molecular weight is 418 g/mol. The SMILES string of the molecule is CCN1c2ccc(/C=C3\NC(=O)N(Cc4ccc(C)cc4)C3=O)cc2[C@H](C)CC1(C)C. The third kappa shape index (κ3) is 3.97. The number of carbonyl (C=O) groups is 2. The lowest BCUT2D eigenvalue weighted by atomic mass is 9.79. The number of hydrogen-bond donors (Lipinski definition) is 1. The van der Waals surface area contributed by atoms with Crippen molar-refractivity contribution in [2.24, 2.45) is 0 Å². The number of anilines is 1. The Kier molecular flexibility index (Phi) is 5.38. The summed E-state index contributed by atoms with van der Waals surface area (Å²) in [6.45, 7) is 12.3. The normalized spacial score (nSPS) is 21.5. The van der Waals surface area contributed by atoms with E-state index in [1.54, 1.807) is 6.08 Å². The number of fused-ring (bicyclic) bond motifs is 1. The van der Waals surface area contributed by atoms with Crippen molar-refractivity contribution in [2.75, 3.05) is 11.4 Å². The molecule has 1 fully saturated rings. The number of benzene rings is 2. The second kappa shape index (κ2) is 7.88. The molecule has 3 amide bonds. The Morgan fingerprint density at radius 2 is 1.84 bits per heavy atom. The molecule has 1 atom stereocenters. The van der Waals surface area contributed by atoms with Gasteiger partial charge in [-0.1, -0.05) is 42.8 Å². The monoisotopic (exact) mass is 417 g/mol. The van der Waals surface area contributed by atoms with Crippen molar-refractivity contribution in [3.63, 3.8) is 0 Å². The summed E-state index contributed by atoms with van der Waals surface area (Å²) in [4.78, 5) is 29.0. The highest BCUT2D eigenvalue weighted by molar-refractivity contribution is 6.13. The van der Waals surface area contributed by atoms with Gasteiger partial charge in [-0.15, -0.1) is 0 Å². The molecule has 0 radical (unpaired) electrons. The molecular weight excluding hydrogens is 386 g/mol. The van der Waals surface area contributed by atoms with Gasteiger partial charge in [-0.3, -0.25) is 9.69 Å². The Morgan fingerprint density at radius 1 is 1.13 bits per heavy atom. The summed E-state index contributed by atoms with van der Waals surface area (Å²) in [6.07, 6.45) is 2.87. The fraction of sp³-hybridized carbons (Fsp3) is 0.385. The molecule has 162 valence electrons. The van der Waals surface area contributed by atoms with Gasteiger partial charge in [-0.2, -0.15) is 0 Å². The van der Waals surface area contributed by atoms with Gasteiger partial charge in [0.05, 0.1) is 6.54 Å². The third-order valence-electron chi connectivity index (χ3n) is 6.46. The van der Waals surface area contributed by atoms with E-state index in [-0.39, 0.29) is 24.0 Å². The van der Waals surface area contributed by atoms with Crippen molar-refractivity contribution in [1.29, 1.82) is 0 Å². The van der Waals surface area contributed by atoms with E-state index in [2.05, 4.69) is 50.0 Å². The Labute approximate surface area is 184 Å². The van der Waals surface area contributed by atoms with Crippen molar-refractivity contribution >= 4 is 23.7 Å². The first kappa shape index (κ1) is 21.2. The second-order valence-electron chi connectivity index (χ2n) is 9.35. The minimum atomic E-state index is -0.373. The number of carbonyl (C=O) groups excluding carboxylic acids is 2. The van der Waals surface area contributed by atoms with E-state index in [1.165, 1.54) is 16.2 Å². The maximum absolute atomic E-state index is 12.9. The molecule has 2 aromatic rings. The zero-order valence-electron chi connectivity index (χ0n) is 19.0. The molecule has 0 aromatic heterocycles. The zero-order chi connectivity index (χ0) is 22.3. The number of imide groups is 1. The summed E-state index contributed by atoms with van der Waals surface area (Å²) >= 11 is 0. The van der Waals surface area contributed by atoms with E-state index in [4.69, 9.17) is 0 Å². The van der Waals surface area contributed by atoms with Crippen molar-refractivity contribution < 1.29 is 9.59 Å². The second-order valence-corrected chi connectivity index (χ2v) is 9.35. The van der Waals surface area contributed by atoms with Crippen LogP contribution in [0.3, 0.4) is 0 Å². The highest BCUT2D eigenvalue weighted by Gasteiger charge is 2.36. The first-order valence-corrected chi connectivity index (χ1v) is 11.0. The fourth-order valence-electron chi connectivity index (χ4n) is 4.96. The molecule has 1 saturated heterocycles. The summed E-state index contributed by atoms with van der Waals surface area (Å²) in [5, 5.41) is 2.75. The molecule has 0 saturated carbocycles. The molecule has 5 nitrogen and oxygen atoms in total. The maximum atomic E-state index is 12.9. The lowest BCUT2D eigenvalue weighted by molar-refractivity contribution is -0.123. The van der Waals surface area contributed by atoms with Crippen LogP contribution in [-0.2, 0) is 11.3 Å². The number of nitrogens with one attached hydrogen (secondary N) is 1. The average Bonchev–Trinajstić information content (AvgIpc) is 2.97. The van der Waals surface area contributed by atoms with Crippen molar-refractivity contribution in [3.8, 4) is 0 Å². The van der Waals surface area contributed by atoms with Gasteiger partial charge in [-0.05, 0) is 74.9 Å². The number of urea groups is 1. The summed E-state index contributed by atoms with van der Waals surface area (Å²) in [6, 6.07) is 13.8. The van der Waals surface area contributed by atoms with E-state index >= 15 is 0 Å². The number of amides is 3. The summed E-state index contributed by atoms with van der Waals surface area (Å²) in [7, 11) is 0. The van der Waals surface area contributed by atoms with E-state index in [0.717, 1.165) is 29.7 Å². The number of aryl methyl sites for hydroxylation is 1.